The predicted octanol–water partition coefficient (Wildman–Crippen LogP) is 11.5. The van der Waals surface area contributed by atoms with Crippen LogP contribution in [0.15, 0.2) is 203 Å². The highest BCUT2D eigenvalue weighted by molar-refractivity contribution is 6.15. The van der Waals surface area contributed by atoms with E-state index in [1.54, 1.807) is 12.4 Å². The van der Waals surface area contributed by atoms with Crippen molar-refractivity contribution >= 4 is 33.6 Å². The molecule has 6 heteroatoms. The maximum atomic E-state index is 6.85. The number of hydrogen-bond acceptors (Lipinski definition) is 6. The largest absolute Gasteiger partial charge is 0.455 e. The summed E-state index contributed by atoms with van der Waals surface area (Å²) in [5.41, 5.74) is 13.2. The molecule has 0 amide bonds. The molecule has 1 unspecified atom stereocenters. The van der Waals surface area contributed by atoms with Gasteiger partial charge in [-0.3, -0.25) is 9.97 Å². The smallest absolute Gasteiger partial charge is 0.159 e. The summed E-state index contributed by atoms with van der Waals surface area (Å²) in [7, 11) is 0. The van der Waals surface area contributed by atoms with E-state index < -0.39 is 6.17 Å². The molecular weight excluding hydrogens is 675 g/mol. The van der Waals surface area contributed by atoms with Crippen LogP contribution >= 0.6 is 0 Å². The first kappa shape index (κ1) is 32.2. The first-order valence-corrected chi connectivity index (χ1v) is 18.3. The Morgan fingerprint density at radius 2 is 1.05 bits per heavy atom. The minimum atomic E-state index is -0.419. The van der Waals surface area contributed by atoms with Gasteiger partial charge in [0.25, 0.3) is 0 Å². The van der Waals surface area contributed by atoms with Crippen LogP contribution in [0.1, 0.15) is 22.9 Å². The van der Waals surface area contributed by atoms with E-state index in [1.165, 1.54) is 0 Å². The topological polar surface area (TPSA) is 75.7 Å². The van der Waals surface area contributed by atoms with E-state index in [0.717, 1.165) is 89.0 Å². The number of hydrogen-bond donors (Lipinski definition) is 1. The van der Waals surface area contributed by atoms with Crippen LogP contribution in [0.4, 0.5) is 0 Å². The second-order valence-electron chi connectivity index (χ2n) is 13.6. The zero-order chi connectivity index (χ0) is 36.6. The van der Waals surface area contributed by atoms with E-state index in [4.69, 9.17) is 14.4 Å². The molecule has 6 nitrogen and oxygen atoms in total. The zero-order valence-corrected chi connectivity index (χ0v) is 29.7. The molecule has 55 heavy (non-hydrogen) atoms. The molecule has 1 aliphatic rings. The molecule has 0 saturated heterocycles. The summed E-state index contributed by atoms with van der Waals surface area (Å²) in [6.07, 6.45) is 6.96. The number of nitrogens with one attached hydrogen (secondary N) is 1. The van der Waals surface area contributed by atoms with Crippen molar-refractivity contribution in [3.63, 3.8) is 0 Å². The highest BCUT2D eigenvalue weighted by Gasteiger charge is 2.25. The van der Waals surface area contributed by atoms with Gasteiger partial charge in [0.2, 0.25) is 0 Å². The number of rotatable bonds is 7. The number of aliphatic imine (C=N–C) groups is 2. The number of aromatic nitrogens is 2. The summed E-state index contributed by atoms with van der Waals surface area (Å²) >= 11 is 0. The number of fused-ring (bicyclic) bond motifs is 3. The Morgan fingerprint density at radius 3 is 1.67 bits per heavy atom. The lowest BCUT2D eigenvalue weighted by atomic mass is 9.93. The molecule has 6 aromatic carbocycles. The van der Waals surface area contributed by atoms with Gasteiger partial charge >= 0.3 is 0 Å². The Bertz CT molecular complexity index is 2850. The lowest BCUT2D eigenvalue weighted by Gasteiger charge is -2.24. The Morgan fingerprint density at radius 1 is 0.473 bits per heavy atom. The van der Waals surface area contributed by atoms with Crippen molar-refractivity contribution in [1.82, 2.24) is 15.3 Å². The van der Waals surface area contributed by atoms with Gasteiger partial charge in [0.15, 0.2) is 5.84 Å². The third-order valence-corrected chi connectivity index (χ3v) is 10.1. The van der Waals surface area contributed by atoms with Crippen molar-refractivity contribution in [2.24, 2.45) is 9.98 Å². The van der Waals surface area contributed by atoms with Crippen LogP contribution in [-0.2, 0) is 0 Å². The molecule has 4 heterocycles. The predicted molar refractivity (Wildman–Crippen MR) is 223 cm³/mol. The molecule has 0 saturated carbocycles. The monoisotopic (exact) mass is 707 g/mol. The number of pyridine rings is 2. The molecule has 0 bridgehead atoms. The highest BCUT2D eigenvalue weighted by atomic mass is 16.3. The van der Waals surface area contributed by atoms with Gasteiger partial charge in [-0.2, -0.15) is 0 Å². The Hall–Kier alpha value is -7.44. The summed E-state index contributed by atoms with van der Waals surface area (Å²) in [4.78, 5) is 18.9. The van der Waals surface area contributed by atoms with Gasteiger partial charge in [-0.15, -0.1) is 0 Å². The highest BCUT2D eigenvalue weighted by Crippen LogP contribution is 2.43. The van der Waals surface area contributed by atoms with Crippen molar-refractivity contribution < 1.29 is 4.42 Å². The molecule has 10 rings (SSSR count). The first-order chi connectivity index (χ1) is 27.2. The summed E-state index contributed by atoms with van der Waals surface area (Å²) in [5, 5.41) is 5.72. The van der Waals surface area contributed by atoms with Gasteiger partial charge in [-0.1, -0.05) is 133 Å². The van der Waals surface area contributed by atoms with Gasteiger partial charge < -0.3 is 9.73 Å². The summed E-state index contributed by atoms with van der Waals surface area (Å²) < 4.78 is 6.85. The lowest BCUT2D eigenvalue weighted by Crippen LogP contribution is -2.33. The number of amidine groups is 2. The van der Waals surface area contributed by atoms with Crippen molar-refractivity contribution in [3.8, 4) is 44.5 Å². The van der Waals surface area contributed by atoms with Crippen LogP contribution in [0.3, 0.4) is 0 Å². The average Bonchev–Trinajstić information content (AvgIpc) is 3.66. The maximum Gasteiger partial charge on any atom is 0.159 e. The van der Waals surface area contributed by atoms with Crippen LogP contribution in [0, 0.1) is 0 Å². The minimum absolute atomic E-state index is 0.419. The molecule has 0 spiro atoms. The summed E-state index contributed by atoms with van der Waals surface area (Å²) in [5.74, 6) is 1.45. The second kappa shape index (κ2) is 13.8. The normalized spacial score (nSPS) is 14.0. The van der Waals surface area contributed by atoms with Crippen molar-refractivity contribution in [2.45, 2.75) is 6.17 Å². The van der Waals surface area contributed by atoms with Crippen LogP contribution in [-0.4, -0.2) is 21.6 Å². The average molecular weight is 708 g/mol. The van der Waals surface area contributed by atoms with Gasteiger partial charge in [0.05, 0.1) is 0 Å². The molecular formula is C49H33N5O. The lowest BCUT2D eigenvalue weighted by molar-refractivity contribution is 0.663. The van der Waals surface area contributed by atoms with E-state index in [-0.39, 0.29) is 0 Å². The van der Waals surface area contributed by atoms with Gasteiger partial charge in [-0.25, -0.2) is 9.98 Å². The molecule has 0 radical (unpaired) electrons. The maximum absolute atomic E-state index is 6.85. The number of nitrogens with zero attached hydrogens (tertiary/aromatic N) is 4. The van der Waals surface area contributed by atoms with E-state index in [0.29, 0.717) is 5.84 Å². The molecule has 260 valence electrons. The molecule has 1 aliphatic heterocycles. The van der Waals surface area contributed by atoms with E-state index in [1.807, 2.05) is 73.1 Å². The first-order valence-electron chi connectivity index (χ1n) is 18.3. The summed E-state index contributed by atoms with van der Waals surface area (Å²) in [6.45, 7) is 0. The fourth-order valence-electron chi connectivity index (χ4n) is 7.40. The van der Waals surface area contributed by atoms with Crippen LogP contribution < -0.4 is 5.32 Å². The Kier molecular flexibility index (Phi) is 8.11. The fourth-order valence-corrected chi connectivity index (χ4v) is 7.40. The van der Waals surface area contributed by atoms with E-state index in [9.17, 15) is 0 Å². The quantitative estimate of drug-likeness (QED) is 0.179. The van der Waals surface area contributed by atoms with E-state index >= 15 is 0 Å². The Labute approximate surface area is 318 Å². The van der Waals surface area contributed by atoms with Gasteiger partial charge in [0.1, 0.15) is 23.2 Å². The summed E-state index contributed by atoms with van der Waals surface area (Å²) in [6, 6.07) is 56.5. The SMILES string of the molecule is c1ccc(C2=NC(c3cccc4oc5c(-c6ccc(-c7cccnc7)cc6)cc(-c6ccc(-c7cccnc7)cc6)cc5c34)NC(c3ccccc3)=N2)cc1. The van der Waals surface area contributed by atoms with Crippen LogP contribution in [0.5, 0.6) is 0 Å². The number of furan rings is 1. The fraction of sp³-hybridized carbons (Fsp3) is 0.0204. The van der Waals surface area contributed by atoms with Crippen LogP contribution in [0.2, 0.25) is 0 Å². The van der Waals surface area contributed by atoms with Crippen LogP contribution in [0.25, 0.3) is 66.4 Å². The standard InChI is InChI=1S/C49H33N5O/c1-3-10-36(11-4-1)47-52-48(37-12-5-2-6-13-37)54-49(53-47)41-16-7-17-44-45(41)43-29-40(34-20-18-32(19-21-34)38-14-8-26-50-30-38)28-42(46(43)55-44)35-24-22-33(23-25-35)39-15-9-27-51-31-39/h1-31,49H,(H,52,53,54). The van der Waals surface area contributed by atoms with E-state index in [2.05, 4.69) is 118 Å². The Balaban J connectivity index is 1.16. The molecule has 0 aliphatic carbocycles. The van der Waals surface area contributed by atoms with Crippen molar-refractivity contribution in [1.29, 1.82) is 0 Å². The third-order valence-electron chi connectivity index (χ3n) is 10.1. The zero-order valence-electron chi connectivity index (χ0n) is 29.7. The van der Waals surface area contributed by atoms with Crippen molar-refractivity contribution in [2.75, 3.05) is 0 Å². The molecule has 1 N–H and O–H groups in total. The van der Waals surface area contributed by atoms with Gasteiger partial charge in [-0.05, 0) is 69.3 Å². The molecule has 0 fully saturated rings. The second-order valence-corrected chi connectivity index (χ2v) is 13.6. The molecule has 3 aromatic heterocycles. The number of benzene rings is 6. The van der Waals surface area contributed by atoms with Gasteiger partial charge in [0, 0.05) is 57.8 Å². The minimum Gasteiger partial charge on any atom is -0.455 e. The molecule has 1 atom stereocenters. The van der Waals surface area contributed by atoms with Crippen molar-refractivity contribution in [3.05, 3.63) is 205 Å². The molecule has 9 aromatic rings. The third kappa shape index (κ3) is 6.15.